The first kappa shape index (κ1) is 14.7. The predicted octanol–water partition coefficient (Wildman–Crippen LogP) is 4.42. The van der Waals surface area contributed by atoms with Crippen LogP contribution >= 0.6 is 27.3 Å². The smallest absolute Gasteiger partial charge is 0.0947 e. The van der Waals surface area contributed by atoms with Crippen LogP contribution in [0.4, 0.5) is 0 Å². The number of rotatable bonds is 5. The van der Waals surface area contributed by atoms with Crippen molar-refractivity contribution in [3.05, 3.63) is 49.9 Å². The molecule has 1 heterocycles. The minimum absolute atomic E-state index is 0.310. The maximum absolute atomic E-state index is 4.57. The van der Waals surface area contributed by atoms with E-state index in [-0.39, 0.29) is 0 Å². The van der Waals surface area contributed by atoms with Crippen LogP contribution in [0.5, 0.6) is 0 Å². The van der Waals surface area contributed by atoms with Gasteiger partial charge < -0.3 is 5.32 Å². The first-order chi connectivity index (χ1) is 9.10. The van der Waals surface area contributed by atoms with Crippen LogP contribution in [0.15, 0.2) is 28.1 Å². The van der Waals surface area contributed by atoms with Crippen LogP contribution in [0.1, 0.15) is 34.8 Å². The van der Waals surface area contributed by atoms with E-state index in [4.69, 9.17) is 0 Å². The third-order valence-electron chi connectivity index (χ3n) is 3.02. The summed E-state index contributed by atoms with van der Waals surface area (Å²) in [6.07, 6.45) is 0.939. The molecule has 2 rings (SSSR count). The molecule has 1 atom stereocenters. The largest absolute Gasteiger partial charge is 0.310 e. The lowest BCUT2D eigenvalue weighted by molar-refractivity contribution is 0.546. The van der Waals surface area contributed by atoms with Crippen molar-refractivity contribution in [1.29, 1.82) is 0 Å². The molecule has 2 nitrogen and oxygen atoms in total. The van der Waals surface area contributed by atoms with Gasteiger partial charge >= 0.3 is 0 Å². The Balaban J connectivity index is 2.26. The quantitative estimate of drug-likeness (QED) is 0.872. The second-order valence-corrected chi connectivity index (χ2v) is 6.52. The van der Waals surface area contributed by atoms with Crippen molar-refractivity contribution >= 4 is 27.3 Å². The molecule has 4 heteroatoms. The fourth-order valence-electron chi connectivity index (χ4n) is 2.14. The lowest BCUT2D eigenvalue weighted by Crippen LogP contribution is -2.23. The van der Waals surface area contributed by atoms with E-state index in [1.165, 1.54) is 16.1 Å². The minimum atomic E-state index is 0.310. The van der Waals surface area contributed by atoms with Crippen LogP contribution in [-0.2, 0) is 6.42 Å². The standard InChI is InChI=1S/C15H19BrN2S/c1-4-17-14(8-15-18-11(3)9-19-15)12-7-10(2)5-6-13(12)16/h5-7,9,14,17H,4,8H2,1-3H3. The van der Waals surface area contributed by atoms with Crippen LogP contribution in [0.3, 0.4) is 0 Å². The lowest BCUT2D eigenvalue weighted by Gasteiger charge is -2.19. The highest BCUT2D eigenvalue weighted by atomic mass is 79.9. The van der Waals surface area contributed by atoms with Crippen molar-refractivity contribution in [1.82, 2.24) is 10.3 Å². The Morgan fingerprint density at radius 2 is 2.16 bits per heavy atom. The number of benzene rings is 1. The molecule has 1 aromatic carbocycles. The van der Waals surface area contributed by atoms with Gasteiger partial charge in [-0.3, -0.25) is 0 Å². The van der Waals surface area contributed by atoms with Gasteiger partial charge in [0.1, 0.15) is 0 Å². The number of aromatic nitrogens is 1. The molecule has 2 aromatic rings. The van der Waals surface area contributed by atoms with Crippen LogP contribution in [-0.4, -0.2) is 11.5 Å². The van der Waals surface area contributed by atoms with E-state index in [0.717, 1.165) is 23.1 Å². The molecular weight excluding hydrogens is 320 g/mol. The van der Waals surface area contributed by atoms with Gasteiger partial charge in [0.15, 0.2) is 0 Å². The van der Waals surface area contributed by atoms with Crippen molar-refractivity contribution in [2.45, 2.75) is 33.2 Å². The van der Waals surface area contributed by atoms with E-state index < -0.39 is 0 Å². The van der Waals surface area contributed by atoms with Gasteiger partial charge in [0.05, 0.1) is 5.01 Å². The van der Waals surface area contributed by atoms with Gasteiger partial charge in [-0.05, 0) is 32.0 Å². The van der Waals surface area contributed by atoms with Crippen molar-refractivity contribution in [2.24, 2.45) is 0 Å². The van der Waals surface area contributed by atoms with Gasteiger partial charge in [-0.1, -0.05) is 40.5 Å². The Hall–Kier alpha value is -0.710. The molecular formula is C15H19BrN2S. The molecule has 0 amide bonds. The van der Waals surface area contributed by atoms with Crippen molar-refractivity contribution in [3.63, 3.8) is 0 Å². The van der Waals surface area contributed by atoms with E-state index in [0.29, 0.717) is 6.04 Å². The summed E-state index contributed by atoms with van der Waals surface area (Å²) in [6.45, 7) is 7.27. The summed E-state index contributed by atoms with van der Waals surface area (Å²) in [7, 11) is 0. The SMILES string of the molecule is CCNC(Cc1nc(C)cs1)c1cc(C)ccc1Br. The maximum Gasteiger partial charge on any atom is 0.0947 e. The third-order valence-corrected chi connectivity index (χ3v) is 4.73. The van der Waals surface area contributed by atoms with Crippen LogP contribution < -0.4 is 5.32 Å². The van der Waals surface area contributed by atoms with Crippen molar-refractivity contribution < 1.29 is 0 Å². The monoisotopic (exact) mass is 338 g/mol. The van der Waals surface area contributed by atoms with Crippen molar-refractivity contribution in [2.75, 3.05) is 6.54 Å². The van der Waals surface area contributed by atoms with Gasteiger partial charge in [-0.2, -0.15) is 0 Å². The molecule has 0 radical (unpaired) electrons. The van der Waals surface area contributed by atoms with E-state index in [1.54, 1.807) is 11.3 Å². The Kier molecular flexibility index (Phi) is 5.13. The molecule has 0 aliphatic rings. The second kappa shape index (κ2) is 6.64. The van der Waals surface area contributed by atoms with Crippen LogP contribution in [0, 0.1) is 13.8 Å². The summed E-state index contributed by atoms with van der Waals surface area (Å²) in [5.41, 5.74) is 3.71. The molecule has 0 aliphatic carbocycles. The number of hydrogen-bond donors (Lipinski definition) is 1. The molecule has 1 N–H and O–H groups in total. The summed E-state index contributed by atoms with van der Waals surface area (Å²) in [5.74, 6) is 0. The second-order valence-electron chi connectivity index (χ2n) is 4.72. The number of thiazole rings is 1. The number of aryl methyl sites for hydroxylation is 2. The predicted molar refractivity (Wildman–Crippen MR) is 85.9 cm³/mol. The highest BCUT2D eigenvalue weighted by Crippen LogP contribution is 2.28. The number of halogens is 1. The highest BCUT2D eigenvalue weighted by molar-refractivity contribution is 9.10. The normalized spacial score (nSPS) is 12.6. The first-order valence-corrected chi connectivity index (χ1v) is 8.18. The van der Waals surface area contributed by atoms with Gasteiger partial charge in [0.2, 0.25) is 0 Å². The summed E-state index contributed by atoms with van der Waals surface area (Å²) in [6, 6.07) is 6.81. The molecule has 102 valence electrons. The molecule has 19 heavy (non-hydrogen) atoms. The van der Waals surface area contributed by atoms with Gasteiger partial charge in [0, 0.05) is 28.0 Å². The molecule has 0 saturated carbocycles. The summed E-state index contributed by atoms with van der Waals surface area (Å²) >= 11 is 5.40. The number of hydrogen-bond acceptors (Lipinski definition) is 3. The van der Waals surface area contributed by atoms with Gasteiger partial charge in [-0.25, -0.2) is 4.98 Å². The fraction of sp³-hybridized carbons (Fsp3) is 0.400. The molecule has 0 spiro atoms. The molecule has 1 aromatic heterocycles. The van der Waals surface area contributed by atoms with Crippen molar-refractivity contribution in [3.8, 4) is 0 Å². The maximum atomic E-state index is 4.57. The minimum Gasteiger partial charge on any atom is -0.310 e. The topological polar surface area (TPSA) is 24.9 Å². The fourth-order valence-corrected chi connectivity index (χ4v) is 3.48. The molecule has 0 saturated heterocycles. The number of likely N-dealkylation sites (N-methyl/N-ethyl adjacent to an activating group) is 1. The Bertz CT molecular complexity index is 551. The van der Waals surface area contributed by atoms with Gasteiger partial charge in [0.25, 0.3) is 0 Å². The summed E-state index contributed by atoms with van der Waals surface area (Å²) < 4.78 is 1.16. The van der Waals surface area contributed by atoms with Gasteiger partial charge in [-0.15, -0.1) is 11.3 Å². The van der Waals surface area contributed by atoms with E-state index in [9.17, 15) is 0 Å². The number of nitrogens with zero attached hydrogens (tertiary/aromatic N) is 1. The molecule has 1 unspecified atom stereocenters. The molecule has 0 aliphatic heterocycles. The zero-order valence-electron chi connectivity index (χ0n) is 11.5. The summed E-state index contributed by atoms with van der Waals surface area (Å²) in [4.78, 5) is 4.57. The zero-order chi connectivity index (χ0) is 13.8. The number of nitrogens with one attached hydrogen (secondary N) is 1. The Morgan fingerprint density at radius 1 is 1.37 bits per heavy atom. The summed E-state index contributed by atoms with van der Waals surface area (Å²) in [5, 5.41) is 6.87. The first-order valence-electron chi connectivity index (χ1n) is 6.50. The van der Waals surface area contributed by atoms with Crippen LogP contribution in [0.2, 0.25) is 0 Å². The zero-order valence-corrected chi connectivity index (χ0v) is 13.9. The van der Waals surface area contributed by atoms with E-state index in [2.05, 4.69) is 63.7 Å². The third kappa shape index (κ3) is 3.88. The van der Waals surface area contributed by atoms with Crippen LogP contribution in [0.25, 0.3) is 0 Å². The molecule has 0 bridgehead atoms. The highest BCUT2D eigenvalue weighted by Gasteiger charge is 2.16. The Labute approximate surface area is 127 Å². The Morgan fingerprint density at radius 3 is 2.79 bits per heavy atom. The van der Waals surface area contributed by atoms with E-state index >= 15 is 0 Å². The lowest BCUT2D eigenvalue weighted by atomic mass is 10.0. The average Bonchev–Trinajstić information content (AvgIpc) is 2.77. The molecule has 0 fully saturated rings. The average molecular weight is 339 g/mol. The van der Waals surface area contributed by atoms with E-state index in [1.807, 2.05) is 6.92 Å².